The highest BCUT2D eigenvalue weighted by Crippen LogP contribution is 2.43. The molecule has 0 radical (unpaired) electrons. The van der Waals surface area contributed by atoms with E-state index in [0.717, 1.165) is 82.6 Å². The van der Waals surface area contributed by atoms with E-state index in [9.17, 15) is 9.59 Å². The van der Waals surface area contributed by atoms with Crippen molar-refractivity contribution in [1.29, 1.82) is 0 Å². The topological polar surface area (TPSA) is 98.6 Å². The summed E-state index contributed by atoms with van der Waals surface area (Å²) < 4.78 is 1.71. The summed E-state index contributed by atoms with van der Waals surface area (Å²) in [6.07, 6.45) is 9.88. The largest absolute Gasteiger partial charge is 0.339 e. The molecular formula is C30H40N8O2. The van der Waals surface area contributed by atoms with Crippen molar-refractivity contribution < 1.29 is 9.59 Å². The fourth-order valence-corrected chi connectivity index (χ4v) is 7.68. The number of benzene rings is 1. The maximum Gasteiger partial charge on any atom is 0.237 e. The summed E-state index contributed by atoms with van der Waals surface area (Å²) >= 11 is 0. The van der Waals surface area contributed by atoms with E-state index in [1.54, 1.807) is 11.0 Å². The van der Waals surface area contributed by atoms with Gasteiger partial charge in [-0.05, 0) is 62.1 Å². The molecule has 1 aromatic carbocycles. The Labute approximate surface area is 235 Å². The molecule has 2 N–H and O–H groups in total. The Morgan fingerprint density at radius 2 is 1.93 bits per heavy atom. The van der Waals surface area contributed by atoms with Gasteiger partial charge in [-0.2, -0.15) is 5.10 Å². The van der Waals surface area contributed by atoms with Gasteiger partial charge in [0.1, 0.15) is 6.33 Å². The number of aromatic nitrogens is 3. The third kappa shape index (κ3) is 4.76. The average Bonchev–Trinajstić information content (AvgIpc) is 3.78. The minimum atomic E-state index is -0.283. The predicted molar refractivity (Wildman–Crippen MR) is 151 cm³/mol. The number of hydrogen-bond acceptors (Lipinski definition) is 7. The quantitative estimate of drug-likeness (QED) is 0.591. The standard InChI is InChI=1S/C30H40N8O2/c1-35-20-31-28(34-35)23-4-2-21(3-5-23)22-8-12-37(13-9-22)27(39)18-36-14-10-30(19-36)11-15-38(29(30)40)25-6-7-26-24(16-25)17-32-33-26/h2-5,8,20,24-26,32-33H,6-7,9-19H2,1H3/t24?,25?,26?,30-/m0/s1. The maximum atomic E-state index is 13.7. The second kappa shape index (κ2) is 10.4. The number of rotatable bonds is 5. The first-order valence-electron chi connectivity index (χ1n) is 14.9. The first-order valence-corrected chi connectivity index (χ1v) is 14.9. The van der Waals surface area contributed by atoms with Gasteiger partial charge in [0.05, 0.1) is 12.0 Å². The van der Waals surface area contributed by atoms with Crippen LogP contribution in [-0.2, 0) is 16.6 Å². The molecule has 2 amide bonds. The molecule has 4 atom stereocenters. The molecule has 3 saturated heterocycles. The molecule has 7 rings (SSSR count). The zero-order valence-corrected chi connectivity index (χ0v) is 23.4. The van der Waals surface area contributed by atoms with Crippen LogP contribution in [0.5, 0.6) is 0 Å². The van der Waals surface area contributed by atoms with Crippen LogP contribution in [0.1, 0.15) is 44.1 Å². The van der Waals surface area contributed by atoms with Gasteiger partial charge in [-0.3, -0.25) is 30.0 Å². The lowest BCUT2D eigenvalue weighted by Crippen LogP contribution is -2.47. The van der Waals surface area contributed by atoms with Crippen molar-refractivity contribution in [2.75, 3.05) is 45.8 Å². The molecule has 2 aromatic rings. The number of likely N-dealkylation sites (tertiary alicyclic amines) is 2. The average molecular weight is 545 g/mol. The van der Waals surface area contributed by atoms with E-state index in [2.05, 4.69) is 61.1 Å². The highest BCUT2D eigenvalue weighted by Gasteiger charge is 2.53. The first kappa shape index (κ1) is 25.9. The van der Waals surface area contributed by atoms with Gasteiger partial charge in [0.25, 0.3) is 0 Å². The maximum absolute atomic E-state index is 13.7. The van der Waals surface area contributed by atoms with Crippen LogP contribution >= 0.6 is 0 Å². The fourth-order valence-electron chi connectivity index (χ4n) is 7.68. The van der Waals surface area contributed by atoms with Gasteiger partial charge in [-0.1, -0.05) is 30.3 Å². The van der Waals surface area contributed by atoms with Crippen LogP contribution in [0.4, 0.5) is 0 Å². The Kier molecular flexibility index (Phi) is 6.72. The lowest BCUT2D eigenvalue weighted by molar-refractivity contribution is -0.139. The Balaban J connectivity index is 0.918. The van der Waals surface area contributed by atoms with Crippen molar-refractivity contribution in [1.82, 2.24) is 40.3 Å². The summed E-state index contributed by atoms with van der Waals surface area (Å²) in [4.78, 5) is 37.6. The third-order valence-electron chi connectivity index (χ3n) is 10.1. The van der Waals surface area contributed by atoms with Crippen molar-refractivity contribution in [2.24, 2.45) is 18.4 Å². The van der Waals surface area contributed by atoms with Gasteiger partial charge in [0.15, 0.2) is 5.82 Å². The number of aryl methyl sites for hydroxylation is 1. The molecule has 40 heavy (non-hydrogen) atoms. The number of hydrogen-bond donors (Lipinski definition) is 2. The minimum absolute atomic E-state index is 0.172. The number of fused-ring (bicyclic) bond motifs is 1. The van der Waals surface area contributed by atoms with E-state index in [1.807, 2.05) is 11.9 Å². The molecule has 3 unspecified atom stereocenters. The highest BCUT2D eigenvalue weighted by atomic mass is 16.2. The molecule has 1 aromatic heterocycles. The molecule has 1 spiro atoms. The molecule has 4 aliphatic heterocycles. The van der Waals surface area contributed by atoms with Crippen LogP contribution in [0.15, 0.2) is 36.7 Å². The normalized spacial score (nSPS) is 30.8. The molecule has 5 aliphatic rings. The summed E-state index contributed by atoms with van der Waals surface area (Å²) in [7, 11) is 1.87. The van der Waals surface area contributed by atoms with E-state index < -0.39 is 0 Å². The number of carbonyl (C=O) groups excluding carboxylic acids is 2. The molecule has 4 fully saturated rings. The van der Waals surface area contributed by atoms with Gasteiger partial charge < -0.3 is 9.80 Å². The minimum Gasteiger partial charge on any atom is -0.339 e. The molecule has 5 heterocycles. The molecular weight excluding hydrogens is 504 g/mol. The third-order valence-corrected chi connectivity index (χ3v) is 10.1. The fraction of sp³-hybridized carbons (Fsp3) is 0.600. The van der Waals surface area contributed by atoms with Gasteiger partial charge in [0, 0.05) is 57.4 Å². The summed E-state index contributed by atoms with van der Waals surface area (Å²) in [5.74, 6) is 1.87. The second-order valence-corrected chi connectivity index (χ2v) is 12.5. The Bertz CT molecular complexity index is 1310. The molecule has 1 aliphatic carbocycles. The monoisotopic (exact) mass is 544 g/mol. The van der Waals surface area contributed by atoms with Crippen molar-refractivity contribution >= 4 is 17.4 Å². The molecule has 0 bridgehead atoms. The summed E-state index contributed by atoms with van der Waals surface area (Å²) in [6, 6.07) is 9.30. The number of carbonyl (C=O) groups is 2. The van der Waals surface area contributed by atoms with Crippen LogP contribution in [0.25, 0.3) is 17.0 Å². The van der Waals surface area contributed by atoms with Crippen LogP contribution in [0.2, 0.25) is 0 Å². The van der Waals surface area contributed by atoms with E-state index in [4.69, 9.17) is 0 Å². The molecule has 10 nitrogen and oxygen atoms in total. The van der Waals surface area contributed by atoms with Gasteiger partial charge in [-0.15, -0.1) is 0 Å². The van der Waals surface area contributed by atoms with Gasteiger partial charge in [-0.25, -0.2) is 4.98 Å². The smallest absolute Gasteiger partial charge is 0.237 e. The lowest BCUT2D eigenvalue weighted by atomic mass is 9.81. The lowest BCUT2D eigenvalue weighted by Gasteiger charge is -2.37. The van der Waals surface area contributed by atoms with E-state index in [0.29, 0.717) is 37.0 Å². The van der Waals surface area contributed by atoms with Crippen LogP contribution in [0, 0.1) is 11.3 Å². The number of nitrogens with one attached hydrogen (secondary N) is 2. The predicted octanol–water partition coefficient (Wildman–Crippen LogP) is 1.67. The number of nitrogens with zero attached hydrogens (tertiary/aromatic N) is 6. The van der Waals surface area contributed by atoms with Crippen molar-refractivity contribution in [2.45, 2.75) is 50.6 Å². The second-order valence-electron chi connectivity index (χ2n) is 12.5. The van der Waals surface area contributed by atoms with Gasteiger partial charge in [0.2, 0.25) is 11.8 Å². The van der Waals surface area contributed by atoms with E-state index in [1.165, 1.54) is 11.1 Å². The van der Waals surface area contributed by atoms with Crippen molar-refractivity contribution in [3.8, 4) is 11.4 Å². The van der Waals surface area contributed by atoms with E-state index in [-0.39, 0.29) is 11.3 Å². The van der Waals surface area contributed by atoms with Crippen LogP contribution < -0.4 is 10.9 Å². The van der Waals surface area contributed by atoms with Crippen molar-refractivity contribution in [3.63, 3.8) is 0 Å². The molecule has 212 valence electrons. The van der Waals surface area contributed by atoms with Gasteiger partial charge >= 0.3 is 0 Å². The Morgan fingerprint density at radius 1 is 1.10 bits per heavy atom. The Morgan fingerprint density at radius 3 is 2.70 bits per heavy atom. The Hall–Kier alpha value is -3.08. The zero-order chi connectivity index (χ0) is 27.3. The molecule has 1 saturated carbocycles. The summed E-state index contributed by atoms with van der Waals surface area (Å²) in [5.41, 5.74) is 9.88. The van der Waals surface area contributed by atoms with E-state index >= 15 is 0 Å². The van der Waals surface area contributed by atoms with Crippen LogP contribution in [-0.4, -0.2) is 99.2 Å². The summed E-state index contributed by atoms with van der Waals surface area (Å²) in [5, 5.41) is 4.37. The highest BCUT2D eigenvalue weighted by molar-refractivity contribution is 5.86. The summed E-state index contributed by atoms with van der Waals surface area (Å²) in [6.45, 7) is 5.22. The van der Waals surface area contributed by atoms with Crippen molar-refractivity contribution in [3.05, 3.63) is 42.2 Å². The SMILES string of the molecule is Cn1cnc(-c2ccc(C3=CCN(C(=O)CN4CC[C@]5(CCN(C6CCC7NNCC7C6)C5=O)C4)CC3)cc2)n1. The van der Waals surface area contributed by atoms with Crippen LogP contribution in [0.3, 0.4) is 0 Å². The molecule has 10 heteroatoms. The number of hydrazine groups is 1. The zero-order valence-electron chi connectivity index (χ0n) is 23.4. The number of amides is 2. The first-order chi connectivity index (χ1) is 19.5.